The summed E-state index contributed by atoms with van der Waals surface area (Å²) >= 11 is -0.472. The molecule has 0 aliphatic carbocycles. The van der Waals surface area contributed by atoms with Gasteiger partial charge >= 0.3 is 35.3 Å². The molecule has 0 aromatic rings. The second kappa shape index (κ2) is 11.7. The third-order valence-corrected chi connectivity index (χ3v) is 1.17. The van der Waals surface area contributed by atoms with Gasteiger partial charge in [-0.3, -0.25) is 0 Å². The van der Waals surface area contributed by atoms with Gasteiger partial charge in [-0.2, -0.15) is 5.10 Å². The van der Waals surface area contributed by atoms with Crippen molar-refractivity contribution in [1.82, 2.24) is 0 Å². The molecule has 0 unspecified atom stereocenters. The van der Waals surface area contributed by atoms with Gasteiger partial charge in [0.25, 0.3) is 0 Å². The van der Waals surface area contributed by atoms with Gasteiger partial charge < -0.3 is 26.3 Å². The molecule has 0 radical (unpaired) electrons. The summed E-state index contributed by atoms with van der Waals surface area (Å²) in [7, 11) is 9.75. The Morgan fingerprint density at radius 1 is 1.36 bits per heavy atom. The molecular weight excluding hydrogens is 418 g/mol. The molecule has 90 valence electrons. The number of nitrogens with two attached hydrogens (primary N) is 1. The van der Waals surface area contributed by atoms with E-state index in [0.717, 1.165) is 6.21 Å². The molecule has 0 aliphatic rings. The van der Waals surface area contributed by atoms with Crippen LogP contribution in [0.3, 0.4) is 0 Å². The van der Waals surface area contributed by atoms with Crippen molar-refractivity contribution in [2.45, 2.75) is 18.3 Å². The summed E-state index contributed by atoms with van der Waals surface area (Å²) in [6.07, 6.45) is -3.35. The van der Waals surface area contributed by atoms with Crippen LogP contribution >= 0.6 is 18.8 Å². The van der Waals surface area contributed by atoms with Crippen molar-refractivity contribution in [3.8, 4) is 0 Å². The van der Waals surface area contributed by atoms with Gasteiger partial charge in [0.05, 0.1) is 12.8 Å². The molecular formula is C5H12Cl2N2O4Pt. The summed E-state index contributed by atoms with van der Waals surface area (Å²) in [4.78, 5) is 0. The molecule has 0 aliphatic heterocycles. The topological polar surface area (TPSA) is 119 Å². The van der Waals surface area contributed by atoms with Crippen LogP contribution < -0.4 is 5.84 Å². The van der Waals surface area contributed by atoms with E-state index in [-0.39, 0.29) is 0 Å². The molecule has 6 nitrogen and oxygen atoms in total. The molecule has 0 fully saturated rings. The number of aliphatic hydroxyl groups excluding tert-OH is 4. The van der Waals surface area contributed by atoms with Gasteiger partial charge in [-0.25, -0.2) is 0 Å². The zero-order valence-electron chi connectivity index (χ0n) is 6.90. The number of halogens is 2. The Morgan fingerprint density at radius 2 is 1.79 bits per heavy atom. The average molecular weight is 430 g/mol. The van der Waals surface area contributed by atoms with Gasteiger partial charge in [0.2, 0.25) is 0 Å². The molecule has 9 heteroatoms. The summed E-state index contributed by atoms with van der Waals surface area (Å²) in [6.45, 7) is -0.628. The maximum absolute atomic E-state index is 8.91. The van der Waals surface area contributed by atoms with Gasteiger partial charge in [0, 0.05) is 0 Å². The summed E-state index contributed by atoms with van der Waals surface area (Å²) in [5.74, 6) is 4.66. The van der Waals surface area contributed by atoms with E-state index in [2.05, 4.69) is 10.9 Å². The molecule has 0 aromatic carbocycles. The Morgan fingerprint density at radius 3 is 2.07 bits per heavy atom. The zero-order chi connectivity index (χ0) is 11.6. The SMILES string of the molecule is NN=C[C@H](O)[C@@H](O)[C@@H](O)CO.[Cl][Pt][Cl]. The van der Waals surface area contributed by atoms with Crippen LogP contribution in [0.5, 0.6) is 0 Å². The summed E-state index contributed by atoms with van der Waals surface area (Å²) in [5, 5.41) is 37.8. The molecule has 0 bridgehead atoms. The van der Waals surface area contributed by atoms with E-state index < -0.39 is 41.4 Å². The summed E-state index contributed by atoms with van der Waals surface area (Å²) in [6, 6.07) is 0. The fraction of sp³-hybridized carbons (Fsp3) is 0.800. The van der Waals surface area contributed by atoms with Crippen LogP contribution in [0.4, 0.5) is 0 Å². The normalized spacial score (nSPS) is 17.3. The summed E-state index contributed by atoms with van der Waals surface area (Å²) in [5.41, 5.74) is 0. The van der Waals surface area contributed by atoms with Crippen LogP contribution in [0.15, 0.2) is 5.10 Å². The van der Waals surface area contributed by atoms with Crippen LogP contribution in [0.25, 0.3) is 0 Å². The number of nitrogens with zero attached hydrogens (tertiary/aromatic N) is 1. The van der Waals surface area contributed by atoms with Crippen molar-refractivity contribution in [2.75, 3.05) is 6.61 Å². The third kappa shape index (κ3) is 9.15. The summed E-state index contributed by atoms with van der Waals surface area (Å²) < 4.78 is 0. The Bertz CT molecular complexity index is 154. The molecule has 0 rings (SSSR count). The fourth-order valence-corrected chi connectivity index (χ4v) is 0.512. The fourth-order valence-electron chi connectivity index (χ4n) is 0.512. The monoisotopic (exact) mass is 429 g/mol. The predicted molar refractivity (Wildman–Crippen MR) is 49.5 cm³/mol. The number of hydrogen-bond acceptors (Lipinski definition) is 6. The Labute approximate surface area is 97.7 Å². The second-order valence-electron chi connectivity index (χ2n) is 2.07. The van der Waals surface area contributed by atoms with Crippen LogP contribution in [0.1, 0.15) is 0 Å². The molecule has 0 aromatic heterocycles. The second-order valence-corrected chi connectivity index (χ2v) is 5.36. The predicted octanol–water partition coefficient (Wildman–Crippen LogP) is -1.62. The van der Waals surface area contributed by atoms with Gasteiger partial charge in [-0.15, -0.1) is 0 Å². The van der Waals surface area contributed by atoms with E-state index in [1.165, 1.54) is 0 Å². The van der Waals surface area contributed by atoms with E-state index in [0.29, 0.717) is 0 Å². The Kier molecular flexibility index (Phi) is 14.1. The third-order valence-electron chi connectivity index (χ3n) is 1.17. The number of aliphatic hydroxyl groups is 4. The van der Waals surface area contributed by atoms with Crippen molar-refractivity contribution in [3.05, 3.63) is 0 Å². The first kappa shape index (κ1) is 17.0. The van der Waals surface area contributed by atoms with Crippen molar-refractivity contribution < 1.29 is 36.9 Å². The Balaban J connectivity index is 0. The minimum atomic E-state index is -1.47. The molecule has 0 saturated carbocycles. The molecule has 14 heavy (non-hydrogen) atoms. The van der Waals surface area contributed by atoms with E-state index in [9.17, 15) is 0 Å². The van der Waals surface area contributed by atoms with Gasteiger partial charge in [-0.05, 0) is 0 Å². The van der Waals surface area contributed by atoms with Gasteiger partial charge in [0.15, 0.2) is 0 Å². The van der Waals surface area contributed by atoms with Gasteiger partial charge in [-0.1, -0.05) is 0 Å². The number of rotatable bonds is 4. The average Bonchev–Trinajstić information content (AvgIpc) is 2.17. The van der Waals surface area contributed by atoms with Crippen molar-refractivity contribution in [3.63, 3.8) is 0 Å². The number of hydrogen-bond donors (Lipinski definition) is 5. The first-order valence-corrected chi connectivity index (χ1v) is 8.89. The zero-order valence-corrected chi connectivity index (χ0v) is 10.7. The minimum absolute atomic E-state index is 0.472. The van der Waals surface area contributed by atoms with E-state index in [4.69, 9.17) is 39.3 Å². The quantitative estimate of drug-likeness (QED) is 0.209. The van der Waals surface area contributed by atoms with Crippen LogP contribution in [-0.2, 0) is 16.5 Å². The van der Waals surface area contributed by atoms with Crippen LogP contribution in [-0.4, -0.2) is 51.6 Å². The van der Waals surface area contributed by atoms with Crippen LogP contribution in [0.2, 0.25) is 0 Å². The van der Waals surface area contributed by atoms with E-state index in [1.54, 1.807) is 0 Å². The van der Waals surface area contributed by atoms with Crippen molar-refractivity contribution in [1.29, 1.82) is 0 Å². The standard InChI is InChI=1S/C5H12N2O4.2ClH.Pt/c6-7-1-3(9)5(11)4(10)2-8;;;/h1,3-5,8-11H,2,6H2;2*1H;/q;;;+2/p-2/t3-,4-,5+;;;/m0.../s1. The first-order valence-electron chi connectivity index (χ1n) is 3.25. The van der Waals surface area contributed by atoms with Crippen molar-refractivity contribution >= 4 is 25.1 Å². The molecule has 0 amide bonds. The van der Waals surface area contributed by atoms with Crippen molar-refractivity contribution in [2.24, 2.45) is 10.9 Å². The molecule has 0 heterocycles. The van der Waals surface area contributed by atoms with E-state index in [1.807, 2.05) is 0 Å². The van der Waals surface area contributed by atoms with E-state index >= 15 is 0 Å². The molecule has 3 atom stereocenters. The maximum atomic E-state index is 8.91. The molecule has 6 N–H and O–H groups in total. The van der Waals surface area contributed by atoms with Gasteiger partial charge in [0.1, 0.15) is 18.3 Å². The molecule has 0 saturated heterocycles. The molecule has 0 spiro atoms. The number of hydrazone groups is 1. The van der Waals surface area contributed by atoms with Crippen LogP contribution in [0, 0.1) is 0 Å². The Hall–Kier alpha value is 0.578. The first-order chi connectivity index (χ1) is 6.54.